The number of aromatic nitrogens is 2. The number of anilines is 1. The van der Waals surface area contributed by atoms with E-state index in [1.54, 1.807) is 29.2 Å². The van der Waals surface area contributed by atoms with Crippen LogP contribution in [0.4, 0.5) is 19.0 Å². The van der Waals surface area contributed by atoms with E-state index in [1.165, 1.54) is 0 Å². The fourth-order valence-corrected chi connectivity index (χ4v) is 5.00. The van der Waals surface area contributed by atoms with Crippen LogP contribution < -0.4 is 5.32 Å². The lowest BCUT2D eigenvalue weighted by molar-refractivity contribution is -0.173. The molecule has 162 valence electrons. The highest BCUT2D eigenvalue weighted by Crippen LogP contribution is 2.46. The second-order valence-electron chi connectivity index (χ2n) is 7.91. The van der Waals surface area contributed by atoms with Crippen molar-refractivity contribution in [2.24, 2.45) is 0 Å². The van der Waals surface area contributed by atoms with Crippen LogP contribution >= 0.6 is 15.9 Å². The molecular formula is C21H24BrF3N4O. The van der Waals surface area contributed by atoms with Crippen LogP contribution in [0, 0.1) is 0 Å². The molecule has 3 atom stereocenters. The first-order valence-electron chi connectivity index (χ1n) is 10.3. The molecule has 0 unspecified atom stereocenters. The molecule has 30 heavy (non-hydrogen) atoms. The summed E-state index contributed by atoms with van der Waals surface area (Å²) in [4.78, 5) is 15.0. The Kier molecular flexibility index (Phi) is 5.83. The lowest BCUT2D eigenvalue weighted by Gasteiger charge is -2.34. The average molecular weight is 485 g/mol. The van der Waals surface area contributed by atoms with Crippen molar-refractivity contribution in [3.63, 3.8) is 0 Å². The van der Waals surface area contributed by atoms with Gasteiger partial charge in [-0.2, -0.15) is 18.3 Å². The Morgan fingerprint density at radius 2 is 2.00 bits per heavy atom. The van der Waals surface area contributed by atoms with Crippen molar-refractivity contribution in [1.82, 2.24) is 14.7 Å². The number of nitrogens with one attached hydrogen (secondary N) is 1. The van der Waals surface area contributed by atoms with Gasteiger partial charge in [0.2, 0.25) is 0 Å². The van der Waals surface area contributed by atoms with Crippen LogP contribution in [0.1, 0.15) is 67.2 Å². The van der Waals surface area contributed by atoms with E-state index < -0.39 is 18.3 Å². The Morgan fingerprint density at radius 1 is 1.27 bits per heavy atom. The zero-order chi connectivity index (χ0) is 21.5. The first-order chi connectivity index (χ1) is 14.3. The molecule has 0 saturated carbocycles. The second kappa shape index (κ2) is 8.24. The number of hydrogen-bond donors (Lipinski definition) is 1. The van der Waals surface area contributed by atoms with Gasteiger partial charge in [0.15, 0.2) is 11.7 Å². The van der Waals surface area contributed by atoms with Crippen LogP contribution in [-0.4, -0.2) is 39.4 Å². The van der Waals surface area contributed by atoms with Crippen molar-refractivity contribution in [3.05, 3.63) is 46.1 Å². The summed E-state index contributed by atoms with van der Waals surface area (Å²) < 4.78 is 43.0. The minimum Gasteiger partial charge on any atom is -0.362 e. The van der Waals surface area contributed by atoms with Crippen molar-refractivity contribution < 1.29 is 18.0 Å². The first-order valence-corrected chi connectivity index (χ1v) is 11.1. The third-order valence-electron chi connectivity index (χ3n) is 6.06. The van der Waals surface area contributed by atoms with Crippen molar-refractivity contribution in [1.29, 1.82) is 0 Å². The molecule has 2 aliphatic heterocycles. The maximum atomic E-state index is 13.9. The topological polar surface area (TPSA) is 50.2 Å². The molecule has 3 heterocycles. The molecule has 0 aliphatic carbocycles. The van der Waals surface area contributed by atoms with E-state index in [2.05, 4.69) is 26.3 Å². The van der Waals surface area contributed by atoms with E-state index >= 15 is 0 Å². The number of fused-ring (bicyclic) bond motifs is 1. The summed E-state index contributed by atoms with van der Waals surface area (Å²) in [6.45, 7) is 2.63. The first kappa shape index (κ1) is 21.2. The number of carbonyl (C=O) groups is 1. The third-order valence-corrected chi connectivity index (χ3v) is 6.81. The normalized spacial score (nSPS) is 24.3. The Morgan fingerprint density at radius 3 is 2.67 bits per heavy atom. The molecule has 1 amide bonds. The monoisotopic (exact) mass is 484 g/mol. The Labute approximate surface area is 181 Å². The van der Waals surface area contributed by atoms with E-state index in [1.807, 2.05) is 13.0 Å². The number of amides is 1. The molecular weight excluding hydrogens is 461 g/mol. The number of nitrogens with zero attached hydrogens (tertiary/aromatic N) is 3. The highest BCUT2D eigenvalue weighted by Gasteiger charge is 2.48. The van der Waals surface area contributed by atoms with Crippen molar-refractivity contribution in [2.75, 3.05) is 11.9 Å². The van der Waals surface area contributed by atoms with E-state index in [0.717, 1.165) is 35.9 Å². The molecule has 2 aliphatic rings. The van der Waals surface area contributed by atoms with E-state index in [0.29, 0.717) is 11.0 Å². The maximum Gasteiger partial charge on any atom is 0.410 e. The standard InChI is InChI=1S/C21H24BrF3N4O/c1-2-14-10-6-7-11-28(14)20(30)18-17(22)19-26-15(13-8-4-3-5-9-13)12-16(21(23,24)25)29(19)27-18/h3-5,8-9,14-16,26H,2,6-7,10-12H2,1H3/t14-,15+,16+/m1/s1. The van der Waals surface area contributed by atoms with Crippen LogP contribution in [0.5, 0.6) is 0 Å². The van der Waals surface area contributed by atoms with Gasteiger partial charge in [-0.05, 0) is 47.2 Å². The van der Waals surface area contributed by atoms with Crippen LogP contribution in [0.2, 0.25) is 0 Å². The third kappa shape index (κ3) is 3.84. The Balaban J connectivity index is 1.72. The number of halogens is 4. The summed E-state index contributed by atoms with van der Waals surface area (Å²) in [6.07, 6.45) is -0.994. The van der Waals surface area contributed by atoms with Gasteiger partial charge >= 0.3 is 6.18 Å². The Hall–Kier alpha value is -2.03. The molecule has 4 rings (SSSR count). The largest absolute Gasteiger partial charge is 0.410 e. The molecule has 5 nitrogen and oxygen atoms in total. The number of piperidine rings is 1. The number of benzene rings is 1. The van der Waals surface area contributed by atoms with Crippen molar-refractivity contribution >= 4 is 27.7 Å². The van der Waals surface area contributed by atoms with Crippen molar-refractivity contribution in [3.8, 4) is 0 Å². The summed E-state index contributed by atoms with van der Waals surface area (Å²) in [7, 11) is 0. The predicted molar refractivity (Wildman–Crippen MR) is 111 cm³/mol. The number of likely N-dealkylation sites (tertiary alicyclic amines) is 1. The summed E-state index contributed by atoms with van der Waals surface area (Å²) in [5.41, 5.74) is 0.807. The van der Waals surface area contributed by atoms with Gasteiger partial charge in [-0.1, -0.05) is 37.3 Å². The molecule has 1 N–H and O–H groups in total. The van der Waals surface area contributed by atoms with Crippen LogP contribution in [-0.2, 0) is 0 Å². The van der Waals surface area contributed by atoms with Gasteiger partial charge in [0, 0.05) is 19.0 Å². The van der Waals surface area contributed by atoms with Crippen molar-refractivity contribution in [2.45, 2.75) is 63.3 Å². The summed E-state index contributed by atoms with van der Waals surface area (Å²) in [5, 5.41) is 7.34. The molecule has 0 bridgehead atoms. The van der Waals surface area contributed by atoms with Gasteiger partial charge in [-0.25, -0.2) is 4.68 Å². The fourth-order valence-electron chi connectivity index (χ4n) is 4.46. The van der Waals surface area contributed by atoms with Gasteiger partial charge in [0.05, 0.1) is 10.5 Å². The number of rotatable bonds is 3. The summed E-state index contributed by atoms with van der Waals surface area (Å²) >= 11 is 3.38. The molecule has 2 aromatic rings. The van der Waals surface area contributed by atoms with Gasteiger partial charge in [-0.3, -0.25) is 4.79 Å². The maximum absolute atomic E-state index is 13.9. The van der Waals surface area contributed by atoms with E-state index in [9.17, 15) is 18.0 Å². The highest BCUT2D eigenvalue weighted by molar-refractivity contribution is 9.10. The molecule has 1 fully saturated rings. The van der Waals surface area contributed by atoms with Crippen LogP contribution in [0.3, 0.4) is 0 Å². The summed E-state index contributed by atoms with van der Waals surface area (Å²) in [6, 6.07) is 6.80. The van der Waals surface area contributed by atoms with E-state index in [-0.39, 0.29) is 29.9 Å². The lowest BCUT2D eigenvalue weighted by Crippen LogP contribution is -2.43. The number of carbonyl (C=O) groups excluding carboxylic acids is 1. The number of hydrogen-bond acceptors (Lipinski definition) is 3. The minimum absolute atomic E-state index is 0.0424. The molecule has 9 heteroatoms. The number of alkyl halides is 3. The van der Waals surface area contributed by atoms with Gasteiger partial charge in [-0.15, -0.1) is 0 Å². The van der Waals surface area contributed by atoms with E-state index in [4.69, 9.17) is 0 Å². The SMILES string of the molecule is CC[C@@H]1CCCCN1C(=O)c1nn2c(c1Br)N[C@H](c1ccccc1)C[C@H]2C(F)(F)F. The highest BCUT2D eigenvalue weighted by atomic mass is 79.9. The van der Waals surface area contributed by atoms with Gasteiger partial charge in [0.1, 0.15) is 5.82 Å². The lowest BCUT2D eigenvalue weighted by atomic mass is 9.97. The average Bonchev–Trinajstić information content (AvgIpc) is 3.09. The van der Waals surface area contributed by atoms with Gasteiger partial charge < -0.3 is 10.2 Å². The summed E-state index contributed by atoms with van der Waals surface area (Å²) in [5.74, 6) is -0.111. The fraction of sp³-hybridized carbons (Fsp3) is 0.524. The second-order valence-corrected chi connectivity index (χ2v) is 8.71. The smallest absolute Gasteiger partial charge is 0.362 e. The zero-order valence-corrected chi connectivity index (χ0v) is 18.2. The van der Waals surface area contributed by atoms with Gasteiger partial charge in [0.25, 0.3) is 5.91 Å². The molecule has 1 aromatic carbocycles. The van der Waals surface area contributed by atoms with Crippen LogP contribution in [0.15, 0.2) is 34.8 Å². The van der Waals surface area contributed by atoms with Crippen LogP contribution in [0.25, 0.3) is 0 Å². The predicted octanol–water partition coefficient (Wildman–Crippen LogP) is 5.71. The quantitative estimate of drug-likeness (QED) is 0.606. The molecule has 1 saturated heterocycles. The Bertz CT molecular complexity index is 915. The zero-order valence-electron chi connectivity index (χ0n) is 16.6. The molecule has 0 radical (unpaired) electrons. The molecule has 0 spiro atoms. The molecule has 1 aromatic heterocycles. The minimum atomic E-state index is -4.48.